The van der Waals surface area contributed by atoms with Crippen molar-refractivity contribution in [1.82, 2.24) is 4.90 Å². The molecule has 23 heavy (non-hydrogen) atoms. The van der Waals surface area contributed by atoms with E-state index in [4.69, 9.17) is 5.73 Å². The van der Waals surface area contributed by atoms with Crippen molar-refractivity contribution in [3.8, 4) is 0 Å². The molecule has 1 aromatic carbocycles. The third-order valence-electron chi connectivity index (χ3n) is 4.33. The second kappa shape index (κ2) is 10.9. The van der Waals surface area contributed by atoms with E-state index in [-0.39, 0.29) is 24.0 Å². The minimum atomic E-state index is 0. The van der Waals surface area contributed by atoms with E-state index < -0.39 is 0 Å². The van der Waals surface area contributed by atoms with Crippen LogP contribution in [0.3, 0.4) is 0 Å². The van der Waals surface area contributed by atoms with Gasteiger partial charge in [-0.2, -0.15) is 0 Å². The molecule has 1 aromatic rings. The van der Waals surface area contributed by atoms with Gasteiger partial charge in [0.15, 0.2) is 5.96 Å². The highest BCUT2D eigenvalue weighted by molar-refractivity contribution is 14.0. The van der Waals surface area contributed by atoms with E-state index in [2.05, 4.69) is 41.2 Å². The van der Waals surface area contributed by atoms with Gasteiger partial charge in [-0.15, -0.1) is 24.0 Å². The number of halogens is 1. The quantitative estimate of drug-likeness (QED) is 0.312. The molecule has 4 nitrogen and oxygen atoms in total. The molecular weight excluding hydrogens is 399 g/mol. The molecule has 0 bridgehead atoms. The molecule has 1 fully saturated rings. The molecule has 0 spiro atoms. The first-order valence-corrected chi connectivity index (χ1v) is 8.49. The van der Waals surface area contributed by atoms with Gasteiger partial charge in [0.1, 0.15) is 0 Å². The fraction of sp³-hybridized carbons (Fsp3) is 0.611. The number of benzene rings is 1. The molecule has 0 aromatic heterocycles. The van der Waals surface area contributed by atoms with Gasteiger partial charge in [0.25, 0.3) is 0 Å². The van der Waals surface area contributed by atoms with E-state index in [1.165, 1.54) is 44.5 Å². The summed E-state index contributed by atoms with van der Waals surface area (Å²) in [4.78, 5) is 6.99. The van der Waals surface area contributed by atoms with E-state index in [1.54, 1.807) is 0 Å². The minimum absolute atomic E-state index is 0. The predicted molar refractivity (Wildman–Crippen MR) is 111 cm³/mol. The Labute approximate surface area is 157 Å². The predicted octanol–water partition coefficient (Wildman–Crippen LogP) is 3.85. The Balaban J connectivity index is 0.00000264. The highest BCUT2D eigenvalue weighted by atomic mass is 127. The molecule has 1 aliphatic rings. The zero-order chi connectivity index (χ0) is 15.8. The minimum Gasteiger partial charge on any atom is -0.370 e. The van der Waals surface area contributed by atoms with Crippen molar-refractivity contribution in [2.45, 2.75) is 39.5 Å². The Morgan fingerprint density at radius 3 is 2.74 bits per heavy atom. The summed E-state index contributed by atoms with van der Waals surface area (Å²) in [5.74, 6) is 1.42. The van der Waals surface area contributed by atoms with Crippen LogP contribution < -0.4 is 11.1 Å². The Kier molecular flexibility index (Phi) is 9.55. The first-order valence-electron chi connectivity index (χ1n) is 8.49. The maximum atomic E-state index is 5.92. The number of aryl methyl sites for hydroxylation is 1. The van der Waals surface area contributed by atoms with Crippen molar-refractivity contribution in [1.29, 1.82) is 0 Å². The van der Waals surface area contributed by atoms with Gasteiger partial charge in [0.2, 0.25) is 0 Å². The van der Waals surface area contributed by atoms with E-state index in [0.717, 1.165) is 24.6 Å². The molecule has 1 saturated heterocycles. The van der Waals surface area contributed by atoms with Crippen LogP contribution in [0.4, 0.5) is 5.69 Å². The molecule has 0 aliphatic carbocycles. The van der Waals surface area contributed by atoms with Crippen molar-refractivity contribution in [3.63, 3.8) is 0 Å². The molecule has 0 unspecified atom stereocenters. The van der Waals surface area contributed by atoms with E-state index in [1.807, 2.05) is 12.1 Å². The first-order chi connectivity index (χ1) is 10.6. The normalized spacial score (nSPS) is 16.9. The number of hydrogen-bond acceptors (Lipinski definition) is 2. The second-order valence-corrected chi connectivity index (χ2v) is 6.49. The number of hydrogen-bond donors (Lipinski definition) is 2. The molecule has 0 amide bonds. The smallest absolute Gasteiger partial charge is 0.193 e. The highest BCUT2D eigenvalue weighted by Crippen LogP contribution is 2.16. The fourth-order valence-corrected chi connectivity index (χ4v) is 2.84. The molecule has 130 valence electrons. The molecule has 1 heterocycles. The SMILES string of the molecule is Cc1cccc(NC(N)=NCCCCN2CCC(C)CC2)c1.I. The molecular formula is C18H31IN4. The molecule has 5 heteroatoms. The lowest BCUT2D eigenvalue weighted by molar-refractivity contribution is 0.190. The summed E-state index contributed by atoms with van der Waals surface area (Å²) in [6.07, 6.45) is 5.01. The zero-order valence-corrected chi connectivity index (χ0v) is 16.8. The zero-order valence-electron chi connectivity index (χ0n) is 14.4. The Morgan fingerprint density at radius 2 is 2.04 bits per heavy atom. The summed E-state index contributed by atoms with van der Waals surface area (Å²) in [7, 11) is 0. The van der Waals surface area contributed by atoms with Crippen LogP contribution in [0.2, 0.25) is 0 Å². The van der Waals surface area contributed by atoms with Crippen LogP contribution in [-0.2, 0) is 0 Å². The lowest BCUT2D eigenvalue weighted by atomic mass is 9.99. The number of likely N-dealkylation sites (tertiary alicyclic amines) is 1. The van der Waals surface area contributed by atoms with Crippen molar-refractivity contribution >= 4 is 35.6 Å². The van der Waals surface area contributed by atoms with Crippen LogP contribution in [0.5, 0.6) is 0 Å². The number of anilines is 1. The van der Waals surface area contributed by atoms with E-state index >= 15 is 0 Å². The highest BCUT2D eigenvalue weighted by Gasteiger charge is 2.14. The average Bonchev–Trinajstić information content (AvgIpc) is 2.49. The molecule has 0 saturated carbocycles. The number of piperidine rings is 1. The van der Waals surface area contributed by atoms with Crippen LogP contribution in [0, 0.1) is 12.8 Å². The summed E-state index contributed by atoms with van der Waals surface area (Å²) in [5, 5.41) is 3.15. The topological polar surface area (TPSA) is 53.6 Å². The van der Waals surface area contributed by atoms with Gasteiger partial charge in [-0.1, -0.05) is 19.1 Å². The van der Waals surface area contributed by atoms with Gasteiger partial charge in [-0.05, 0) is 75.9 Å². The van der Waals surface area contributed by atoms with Gasteiger partial charge in [0, 0.05) is 12.2 Å². The average molecular weight is 430 g/mol. The van der Waals surface area contributed by atoms with E-state index in [0.29, 0.717) is 5.96 Å². The van der Waals surface area contributed by atoms with Gasteiger partial charge >= 0.3 is 0 Å². The first kappa shape index (κ1) is 20.2. The number of nitrogens with zero attached hydrogens (tertiary/aromatic N) is 2. The number of nitrogens with two attached hydrogens (primary N) is 1. The fourth-order valence-electron chi connectivity index (χ4n) is 2.84. The number of nitrogens with one attached hydrogen (secondary N) is 1. The number of rotatable bonds is 6. The van der Waals surface area contributed by atoms with Crippen LogP contribution >= 0.6 is 24.0 Å². The van der Waals surface area contributed by atoms with E-state index in [9.17, 15) is 0 Å². The summed E-state index contributed by atoms with van der Waals surface area (Å²) in [6, 6.07) is 8.16. The summed E-state index contributed by atoms with van der Waals surface area (Å²) in [5.41, 5.74) is 8.14. The van der Waals surface area contributed by atoms with Crippen molar-refractivity contribution in [2.24, 2.45) is 16.6 Å². The van der Waals surface area contributed by atoms with Crippen molar-refractivity contribution in [3.05, 3.63) is 29.8 Å². The molecule has 0 atom stereocenters. The van der Waals surface area contributed by atoms with Crippen LogP contribution in [0.15, 0.2) is 29.3 Å². The Bertz CT molecular complexity index is 482. The second-order valence-electron chi connectivity index (χ2n) is 6.49. The van der Waals surface area contributed by atoms with Crippen LogP contribution in [0.1, 0.15) is 38.2 Å². The Morgan fingerprint density at radius 1 is 1.30 bits per heavy atom. The lowest BCUT2D eigenvalue weighted by Crippen LogP contribution is -2.33. The van der Waals surface area contributed by atoms with Crippen LogP contribution in [-0.4, -0.2) is 37.0 Å². The standard InChI is InChI=1S/C18H30N4.HI/c1-15-8-12-22(13-9-15)11-4-3-10-20-18(19)21-17-7-5-6-16(2)14-17;/h5-7,14-15H,3-4,8-13H2,1-2H3,(H3,19,20,21);1H. The lowest BCUT2D eigenvalue weighted by Gasteiger charge is -2.30. The third-order valence-corrected chi connectivity index (χ3v) is 4.33. The summed E-state index contributed by atoms with van der Waals surface area (Å²) >= 11 is 0. The van der Waals surface area contributed by atoms with Gasteiger partial charge in [-0.3, -0.25) is 4.99 Å². The Hall–Kier alpha value is -0.820. The van der Waals surface area contributed by atoms with Gasteiger partial charge in [0.05, 0.1) is 0 Å². The van der Waals surface area contributed by atoms with Crippen molar-refractivity contribution < 1.29 is 0 Å². The summed E-state index contributed by atoms with van der Waals surface area (Å²) < 4.78 is 0. The third kappa shape index (κ3) is 8.01. The summed E-state index contributed by atoms with van der Waals surface area (Å²) in [6.45, 7) is 8.96. The maximum absolute atomic E-state index is 5.92. The van der Waals surface area contributed by atoms with Gasteiger partial charge < -0.3 is 16.0 Å². The number of guanidine groups is 1. The number of aliphatic imine (C=N–C) groups is 1. The monoisotopic (exact) mass is 430 g/mol. The molecule has 0 radical (unpaired) electrons. The molecule has 1 aliphatic heterocycles. The van der Waals surface area contributed by atoms with Crippen LogP contribution in [0.25, 0.3) is 0 Å². The molecule has 2 rings (SSSR count). The maximum Gasteiger partial charge on any atom is 0.193 e. The number of unbranched alkanes of at least 4 members (excludes halogenated alkanes) is 1. The van der Waals surface area contributed by atoms with Gasteiger partial charge in [-0.25, -0.2) is 0 Å². The van der Waals surface area contributed by atoms with Crippen molar-refractivity contribution in [2.75, 3.05) is 31.5 Å². The molecule has 3 N–H and O–H groups in total. The largest absolute Gasteiger partial charge is 0.370 e.